The average Bonchev–Trinajstić information content (AvgIpc) is 2.63. The molecule has 1 heterocycles. The van der Waals surface area contributed by atoms with Gasteiger partial charge in [-0.3, -0.25) is 9.59 Å². The van der Waals surface area contributed by atoms with Crippen LogP contribution in [0.15, 0.2) is 0 Å². The third-order valence-corrected chi connectivity index (χ3v) is 3.89. The highest BCUT2D eigenvalue weighted by Gasteiger charge is 2.29. The molecule has 0 radical (unpaired) electrons. The molecule has 1 amide bonds. The van der Waals surface area contributed by atoms with E-state index in [0.29, 0.717) is 12.3 Å². The highest BCUT2D eigenvalue weighted by atomic mass is 32.2. The van der Waals surface area contributed by atoms with Gasteiger partial charge >= 0.3 is 0 Å². The van der Waals surface area contributed by atoms with Crippen molar-refractivity contribution in [3.8, 4) is 0 Å². The molecule has 5 heteroatoms. The fraction of sp³-hybridized carbons (Fsp3) is 0.833. The van der Waals surface area contributed by atoms with E-state index in [0.717, 1.165) is 38.4 Å². The van der Waals surface area contributed by atoms with Gasteiger partial charge in [0.25, 0.3) is 0 Å². The van der Waals surface area contributed by atoms with Crippen LogP contribution >= 0.6 is 11.8 Å². The fourth-order valence-electron chi connectivity index (χ4n) is 1.99. The summed E-state index contributed by atoms with van der Waals surface area (Å²) in [6.07, 6.45) is 1.62. The average molecular weight is 258 g/mol. The molecule has 0 saturated carbocycles. The van der Waals surface area contributed by atoms with Crippen LogP contribution in [0.4, 0.5) is 0 Å². The molecule has 0 bridgehead atoms. The minimum Gasteiger partial charge on any atom is -0.342 e. The van der Waals surface area contributed by atoms with Crippen molar-refractivity contribution in [1.82, 2.24) is 10.2 Å². The molecule has 98 valence electrons. The molecule has 0 aromatic heterocycles. The second-order valence-electron chi connectivity index (χ2n) is 4.42. The normalized spacial score (nSPS) is 20.0. The zero-order valence-corrected chi connectivity index (χ0v) is 11.5. The third kappa shape index (κ3) is 5.55. The van der Waals surface area contributed by atoms with Gasteiger partial charge in [0.15, 0.2) is 5.12 Å². The van der Waals surface area contributed by atoms with E-state index in [4.69, 9.17) is 0 Å². The van der Waals surface area contributed by atoms with E-state index in [9.17, 15) is 9.59 Å². The fourth-order valence-corrected chi connectivity index (χ4v) is 2.68. The van der Waals surface area contributed by atoms with Gasteiger partial charge in [-0.2, -0.15) is 0 Å². The van der Waals surface area contributed by atoms with Crippen molar-refractivity contribution in [3.05, 3.63) is 0 Å². The highest BCUT2D eigenvalue weighted by Crippen LogP contribution is 2.22. The molecule has 0 aromatic carbocycles. The Hall–Kier alpha value is -0.550. The lowest BCUT2D eigenvalue weighted by atomic mass is 10.1. The number of nitrogens with one attached hydrogen (secondary N) is 1. The van der Waals surface area contributed by atoms with Crippen LogP contribution in [-0.4, -0.2) is 47.9 Å². The number of amides is 1. The Balaban J connectivity index is 2.19. The molecule has 1 atom stereocenters. The minimum absolute atomic E-state index is 0.142. The van der Waals surface area contributed by atoms with E-state index in [1.165, 1.54) is 11.8 Å². The second kappa shape index (κ2) is 7.71. The Labute approximate surface area is 108 Å². The number of thioether (sulfide) groups is 1. The molecular formula is C12H22N2O2S. The van der Waals surface area contributed by atoms with E-state index in [1.54, 1.807) is 6.92 Å². The Morgan fingerprint density at radius 3 is 3.00 bits per heavy atom. The van der Waals surface area contributed by atoms with Crippen molar-refractivity contribution in [2.24, 2.45) is 5.92 Å². The van der Waals surface area contributed by atoms with Crippen LogP contribution in [0.25, 0.3) is 0 Å². The Morgan fingerprint density at radius 1 is 1.59 bits per heavy atom. The Kier molecular flexibility index (Phi) is 6.58. The van der Waals surface area contributed by atoms with Crippen molar-refractivity contribution in [3.63, 3.8) is 0 Å². The summed E-state index contributed by atoms with van der Waals surface area (Å²) in [5.74, 6) is 1.39. The van der Waals surface area contributed by atoms with Crippen molar-refractivity contribution < 1.29 is 9.59 Å². The number of likely N-dealkylation sites (tertiary alicyclic amines) is 1. The van der Waals surface area contributed by atoms with Crippen LogP contribution in [0.1, 0.15) is 26.7 Å². The van der Waals surface area contributed by atoms with E-state index >= 15 is 0 Å². The minimum atomic E-state index is 0.142. The van der Waals surface area contributed by atoms with Crippen LogP contribution in [0.3, 0.4) is 0 Å². The summed E-state index contributed by atoms with van der Waals surface area (Å²) < 4.78 is 0. The van der Waals surface area contributed by atoms with Crippen LogP contribution in [0.2, 0.25) is 0 Å². The predicted molar refractivity (Wildman–Crippen MR) is 71.0 cm³/mol. The lowest BCUT2D eigenvalue weighted by Crippen LogP contribution is -2.29. The first kappa shape index (κ1) is 14.5. The van der Waals surface area contributed by atoms with E-state index in [2.05, 4.69) is 12.2 Å². The predicted octanol–water partition coefficient (Wildman–Crippen LogP) is 1.11. The first-order valence-corrected chi connectivity index (χ1v) is 7.24. The molecule has 17 heavy (non-hydrogen) atoms. The summed E-state index contributed by atoms with van der Waals surface area (Å²) in [6, 6.07) is 0. The summed E-state index contributed by atoms with van der Waals surface area (Å²) in [7, 11) is 0. The number of hydrogen-bond donors (Lipinski definition) is 1. The molecule has 1 N–H and O–H groups in total. The van der Waals surface area contributed by atoms with Crippen LogP contribution in [0.5, 0.6) is 0 Å². The molecule has 4 nitrogen and oxygen atoms in total. The molecule has 1 rings (SSSR count). The summed E-state index contributed by atoms with van der Waals surface area (Å²) in [5.41, 5.74) is 0. The van der Waals surface area contributed by atoms with Crippen LogP contribution < -0.4 is 5.32 Å². The third-order valence-electron chi connectivity index (χ3n) is 2.85. The zero-order valence-electron chi connectivity index (χ0n) is 10.7. The number of nitrogens with zero attached hydrogens (tertiary/aromatic N) is 1. The number of carbonyl (C=O) groups excluding carboxylic acids is 2. The van der Waals surface area contributed by atoms with Gasteiger partial charge in [-0.05, 0) is 25.4 Å². The maximum absolute atomic E-state index is 11.7. The van der Waals surface area contributed by atoms with Gasteiger partial charge < -0.3 is 10.2 Å². The quantitative estimate of drug-likeness (QED) is 0.695. The topological polar surface area (TPSA) is 49.4 Å². The number of carbonyl (C=O) groups is 2. The lowest BCUT2D eigenvalue weighted by molar-refractivity contribution is -0.127. The smallest absolute Gasteiger partial charge is 0.222 e. The van der Waals surface area contributed by atoms with Crippen molar-refractivity contribution >= 4 is 22.8 Å². The molecule has 1 aliphatic heterocycles. The van der Waals surface area contributed by atoms with Crippen LogP contribution in [-0.2, 0) is 9.59 Å². The molecule has 1 saturated heterocycles. The van der Waals surface area contributed by atoms with Gasteiger partial charge in [-0.25, -0.2) is 0 Å². The van der Waals surface area contributed by atoms with Gasteiger partial charge in [-0.1, -0.05) is 18.7 Å². The monoisotopic (exact) mass is 258 g/mol. The maximum Gasteiger partial charge on any atom is 0.222 e. The van der Waals surface area contributed by atoms with Gasteiger partial charge in [0.2, 0.25) is 5.91 Å². The number of hydrogen-bond acceptors (Lipinski definition) is 4. The lowest BCUT2D eigenvalue weighted by Gasteiger charge is -2.16. The highest BCUT2D eigenvalue weighted by molar-refractivity contribution is 8.13. The number of rotatable bonds is 7. The van der Waals surface area contributed by atoms with Crippen molar-refractivity contribution in [1.29, 1.82) is 0 Å². The molecular weight excluding hydrogens is 236 g/mol. The molecule has 1 unspecified atom stereocenters. The van der Waals surface area contributed by atoms with Gasteiger partial charge in [-0.15, -0.1) is 0 Å². The maximum atomic E-state index is 11.7. The molecule has 0 aliphatic carbocycles. The van der Waals surface area contributed by atoms with Gasteiger partial charge in [0.1, 0.15) is 0 Å². The Morgan fingerprint density at radius 2 is 2.35 bits per heavy atom. The summed E-state index contributed by atoms with van der Waals surface area (Å²) in [5, 5.41) is 3.39. The van der Waals surface area contributed by atoms with E-state index < -0.39 is 0 Å². The first-order chi connectivity index (χ1) is 8.13. The molecule has 0 aromatic rings. The molecule has 0 spiro atoms. The molecule has 1 aliphatic rings. The SMILES string of the molecule is CCNCCCN1CC(CSC(C)=O)CC1=O. The van der Waals surface area contributed by atoms with Gasteiger partial charge in [0, 0.05) is 32.2 Å². The first-order valence-electron chi connectivity index (χ1n) is 6.25. The summed E-state index contributed by atoms with van der Waals surface area (Å²) in [4.78, 5) is 24.5. The Bertz CT molecular complexity index is 271. The largest absolute Gasteiger partial charge is 0.342 e. The standard InChI is InChI=1S/C12H22N2O2S/c1-3-13-5-4-6-14-8-11(7-12(14)16)9-17-10(2)15/h11,13H,3-9H2,1-2H3. The van der Waals surface area contributed by atoms with Crippen molar-refractivity contribution in [2.45, 2.75) is 26.7 Å². The van der Waals surface area contributed by atoms with E-state index in [-0.39, 0.29) is 11.0 Å². The van der Waals surface area contributed by atoms with Gasteiger partial charge in [0.05, 0.1) is 0 Å². The van der Waals surface area contributed by atoms with Crippen molar-refractivity contribution in [2.75, 3.05) is 31.9 Å². The summed E-state index contributed by atoms with van der Waals surface area (Å²) in [6.45, 7) is 7.27. The zero-order chi connectivity index (χ0) is 12.7. The summed E-state index contributed by atoms with van der Waals surface area (Å²) >= 11 is 1.33. The second-order valence-corrected chi connectivity index (χ2v) is 5.62. The van der Waals surface area contributed by atoms with Crippen LogP contribution in [0, 0.1) is 5.92 Å². The molecule has 1 fully saturated rings. The van der Waals surface area contributed by atoms with E-state index in [1.807, 2.05) is 4.90 Å².